The van der Waals surface area contributed by atoms with Crippen molar-refractivity contribution in [2.75, 3.05) is 18.4 Å². The van der Waals surface area contributed by atoms with E-state index in [1.54, 1.807) is 0 Å². The van der Waals surface area contributed by atoms with E-state index in [0.717, 1.165) is 35.9 Å². The van der Waals surface area contributed by atoms with Crippen molar-refractivity contribution in [3.05, 3.63) is 42.2 Å². The zero-order valence-electron chi connectivity index (χ0n) is 11.3. The topological polar surface area (TPSA) is 33.2 Å². The summed E-state index contributed by atoms with van der Waals surface area (Å²) in [5.41, 5.74) is 1.05. The lowest BCUT2D eigenvalue weighted by atomic mass is 10.1. The Morgan fingerprint density at radius 1 is 1.30 bits per heavy atom. The van der Waals surface area contributed by atoms with Crippen LogP contribution < -0.4 is 0 Å². The summed E-state index contributed by atoms with van der Waals surface area (Å²) in [5.74, 6) is 0.738. The van der Waals surface area contributed by atoms with Gasteiger partial charge in [0, 0.05) is 48.5 Å². The summed E-state index contributed by atoms with van der Waals surface area (Å²) in [6.45, 7) is 1.64. The third-order valence-electron chi connectivity index (χ3n) is 3.84. The van der Waals surface area contributed by atoms with Crippen LogP contribution in [0.2, 0.25) is 0 Å². The van der Waals surface area contributed by atoms with Crippen LogP contribution in [0.5, 0.6) is 0 Å². The van der Waals surface area contributed by atoms with Gasteiger partial charge in [-0.3, -0.25) is 9.78 Å². The molecule has 2 heterocycles. The standard InChI is InChI=1S/C16H17BrN2O/c17-9-12-7-16(20)19(11-12)6-5-15-8-13-3-1-2-4-14(13)10-18-15/h1-4,8,10,12H,5-7,9,11H2. The molecule has 0 N–H and O–H groups in total. The molecule has 3 rings (SSSR count). The number of aromatic nitrogens is 1. The van der Waals surface area contributed by atoms with Gasteiger partial charge in [0.25, 0.3) is 0 Å². The molecule has 0 aliphatic carbocycles. The van der Waals surface area contributed by atoms with Gasteiger partial charge in [0.15, 0.2) is 0 Å². The highest BCUT2D eigenvalue weighted by Gasteiger charge is 2.28. The number of pyridine rings is 1. The summed E-state index contributed by atoms with van der Waals surface area (Å²) >= 11 is 3.46. The maximum absolute atomic E-state index is 11.9. The van der Waals surface area contributed by atoms with Gasteiger partial charge < -0.3 is 4.90 Å². The van der Waals surface area contributed by atoms with Crippen LogP contribution in [-0.2, 0) is 11.2 Å². The second-order valence-electron chi connectivity index (χ2n) is 5.34. The molecule has 1 fully saturated rings. The van der Waals surface area contributed by atoms with Gasteiger partial charge in [0.2, 0.25) is 5.91 Å². The quantitative estimate of drug-likeness (QED) is 0.806. The van der Waals surface area contributed by atoms with E-state index in [2.05, 4.69) is 39.1 Å². The Labute approximate surface area is 127 Å². The molecule has 1 aliphatic rings. The first kappa shape index (κ1) is 13.6. The minimum absolute atomic E-state index is 0.273. The highest BCUT2D eigenvalue weighted by molar-refractivity contribution is 9.09. The third-order valence-corrected chi connectivity index (χ3v) is 4.75. The molecule has 1 aromatic carbocycles. The molecular weight excluding hydrogens is 316 g/mol. The van der Waals surface area contributed by atoms with Crippen LogP contribution >= 0.6 is 15.9 Å². The summed E-state index contributed by atoms with van der Waals surface area (Å²) in [6.07, 6.45) is 3.42. The van der Waals surface area contributed by atoms with Crippen molar-refractivity contribution in [3.63, 3.8) is 0 Å². The fourth-order valence-corrected chi connectivity index (χ4v) is 3.12. The molecule has 3 nitrogen and oxygen atoms in total. The maximum Gasteiger partial charge on any atom is 0.222 e. The molecule has 1 amide bonds. The van der Waals surface area contributed by atoms with Crippen molar-refractivity contribution < 1.29 is 4.79 Å². The Hall–Kier alpha value is -1.42. The highest BCUT2D eigenvalue weighted by Crippen LogP contribution is 2.20. The SMILES string of the molecule is O=C1CC(CBr)CN1CCc1cc2ccccc2cn1. The number of carbonyl (C=O) groups is 1. The Balaban J connectivity index is 1.66. The Morgan fingerprint density at radius 2 is 2.10 bits per heavy atom. The molecule has 1 aliphatic heterocycles. The van der Waals surface area contributed by atoms with Gasteiger partial charge in [-0.15, -0.1) is 0 Å². The Morgan fingerprint density at radius 3 is 2.85 bits per heavy atom. The van der Waals surface area contributed by atoms with Crippen LogP contribution in [0.4, 0.5) is 0 Å². The Bertz CT molecular complexity index is 629. The predicted octanol–water partition coefficient (Wildman–Crippen LogP) is 3.02. The minimum atomic E-state index is 0.273. The third kappa shape index (κ3) is 2.85. The van der Waals surface area contributed by atoms with Crippen LogP contribution in [0.1, 0.15) is 12.1 Å². The van der Waals surface area contributed by atoms with Gasteiger partial charge in [-0.25, -0.2) is 0 Å². The van der Waals surface area contributed by atoms with Gasteiger partial charge in [-0.1, -0.05) is 40.2 Å². The number of nitrogens with zero attached hydrogens (tertiary/aromatic N) is 2. The molecule has 0 spiro atoms. The van der Waals surface area contributed by atoms with E-state index in [1.165, 1.54) is 5.39 Å². The molecule has 1 aromatic heterocycles. The van der Waals surface area contributed by atoms with Crippen LogP contribution in [-0.4, -0.2) is 34.2 Å². The number of hydrogen-bond donors (Lipinski definition) is 0. The number of likely N-dealkylation sites (tertiary alicyclic amines) is 1. The number of benzene rings is 1. The van der Waals surface area contributed by atoms with Crippen LogP contribution in [0, 0.1) is 5.92 Å². The molecule has 20 heavy (non-hydrogen) atoms. The van der Waals surface area contributed by atoms with E-state index in [1.807, 2.05) is 23.2 Å². The van der Waals surface area contributed by atoms with Gasteiger partial charge in [-0.2, -0.15) is 0 Å². The monoisotopic (exact) mass is 332 g/mol. The van der Waals surface area contributed by atoms with Crippen molar-refractivity contribution in [2.24, 2.45) is 5.92 Å². The lowest BCUT2D eigenvalue weighted by Gasteiger charge is -2.16. The number of amides is 1. The van der Waals surface area contributed by atoms with Gasteiger partial charge in [0.05, 0.1) is 0 Å². The zero-order valence-corrected chi connectivity index (χ0v) is 12.8. The fraction of sp³-hybridized carbons (Fsp3) is 0.375. The summed E-state index contributed by atoms with van der Waals surface area (Å²) < 4.78 is 0. The number of halogens is 1. The van der Waals surface area contributed by atoms with Crippen LogP contribution in [0.25, 0.3) is 10.8 Å². The van der Waals surface area contributed by atoms with Gasteiger partial charge in [-0.05, 0) is 17.4 Å². The molecule has 4 heteroatoms. The number of rotatable bonds is 4. The summed E-state index contributed by atoms with van der Waals surface area (Å²) in [7, 11) is 0. The average Bonchev–Trinajstić information content (AvgIpc) is 2.85. The van der Waals surface area contributed by atoms with Crippen molar-refractivity contribution in [2.45, 2.75) is 12.8 Å². The lowest BCUT2D eigenvalue weighted by molar-refractivity contribution is -0.127. The number of alkyl halides is 1. The van der Waals surface area contributed by atoms with E-state index in [4.69, 9.17) is 0 Å². The van der Waals surface area contributed by atoms with Crippen molar-refractivity contribution in [1.29, 1.82) is 0 Å². The summed E-state index contributed by atoms with van der Waals surface area (Å²) in [4.78, 5) is 18.3. The van der Waals surface area contributed by atoms with Crippen LogP contribution in [0.3, 0.4) is 0 Å². The fourth-order valence-electron chi connectivity index (χ4n) is 2.69. The molecule has 0 saturated carbocycles. The number of fused-ring (bicyclic) bond motifs is 1. The number of hydrogen-bond acceptors (Lipinski definition) is 2. The molecule has 0 bridgehead atoms. The molecule has 1 saturated heterocycles. The Kier molecular flexibility index (Phi) is 4.01. The van der Waals surface area contributed by atoms with E-state index >= 15 is 0 Å². The molecule has 1 atom stereocenters. The summed E-state index contributed by atoms with van der Waals surface area (Å²) in [5, 5.41) is 3.28. The van der Waals surface area contributed by atoms with E-state index < -0.39 is 0 Å². The van der Waals surface area contributed by atoms with Gasteiger partial charge in [0.1, 0.15) is 0 Å². The second kappa shape index (κ2) is 5.92. The largest absolute Gasteiger partial charge is 0.342 e. The lowest BCUT2D eigenvalue weighted by Crippen LogP contribution is -2.27. The second-order valence-corrected chi connectivity index (χ2v) is 5.98. The molecular formula is C16H17BrN2O. The zero-order chi connectivity index (χ0) is 13.9. The van der Waals surface area contributed by atoms with E-state index in [9.17, 15) is 4.79 Å². The summed E-state index contributed by atoms with van der Waals surface area (Å²) in [6, 6.07) is 10.3. The highest BCUT2D eigenvalue weighted by atomic mass is 79.9. The van der Waals surface area contributed by atoms with E-state index in [0.29, 0.717) is 12.3 Å². The van der Waals surface area contributed by atoms with Crippen molar-refractivity contribution in [1.82, 2.24) is 9.88 Å². The van der Waals surface area contributed by atoms with E-state index in [-0.39, 0.29) is 5.91 Å². The normalized spacial score (nSPS) is 18.9. The molecule has 2 aromatic rings. The molecule has 0 radical (unpaired) electrons. The number of carbonyl (C=O) groups excluding carboxylic acids is 1. The first-order valence-electron chi connectivity index (χ1n) is 6.93. The predicted molar refractivity (Wildman–Crippen MR) is 83.9 cm³/mol. The van der Waals surface area contributed by atoms with Gasteiger partial charge >= 0.3 is 0 Å². The first-order chi connectivity index (χ1) is 9.76. The smallest absolute Gasteiger partial charge is 0.222 e. The first-order valence-corrected chi connectivity index (χ1v) is 8.06. The minimum Gasteiger partial charge on any atom is -0.342 e. The van der Waals surface area contributed by atoms with Crippen molar-refractivity contribution in [3.8, 4) is 0 Å². The van der Waals surface area contributed by atoms with Crippen molar-refractivity contribution >= 4 is 32.6 Å². The average molecular weight is 333 g/mol. The molecule has 104 valence electrons. The van der Waals surface area contributed by atoms with Crippen LogP contribution in [0.15, 0.2) is 36.5 Å². The molecule has 1 unspecified atom stereocenters. The maximum atomic E-state index is 11.9.